The summed E-state index contributed by atoms with van der Waals surface area (Å²) in [6.45, 7) is 0. The molecule has 0 saturated carbocycles. The zero-order valence-electron chi connectivity index (χ0n) is 31.0. The van der Waals surface area contributed by atoms with Crippen LogP contribution in [-0.2, 0) is 0 Å². The number of benzene rings is 9. The molecule has 0 aliphatic heterocycles. The van der Waals surface area contributed by atoms with E-state index in [4.69, 9.17) is 19.4 Å². The predicted molar refractivity (Wildman–Crippen MR) is 237 cm³/mol. The predicted octanol–water partition coefficient (Wildman–Crippen LogP) is 13.8. The molecule has 3 aromatic heterocycles. The van der Waals surface area contributed by atoms with Crippen molar-refractivity contribution in [1.29, 1.82) is 0 Å². The maximum atomic E-state index is 6.61. The fourth-order valence-electron chi connectivity index (χ4n) is 9.50. The van der Waals surface area contributed by atoms with Crippen LogP contribution in [0.2, 0.25) is 0 Å². The molecule has 0 fully saturated rings. The van der Waals surface area contributed by atoms with Crippen molar-refractivity contribution in [3.63, 3.8) is 0 Å². The van der Waals surface area contributed by atoms with Gasteiger partial charge in [0.2, 0.25) is 0 Å². The van der Waals surface area contributed by atoms with Crippen LogP contribution in [0, 0.1) is 0 Å². The fraction of sp³-hybridized carbons (Fsp3) is 0. The first-order valence-electron chi connectivity index (χ1n) is 19.6. The van der Waals surface area contributed by atoms with E-state index in [1.165, 1.54) is 54.8 Å². The van der Waals surface area contributed by atoms with Crippen LogP contribution < -0.4 is 0 Å². The SMILES string of the molecule is c1ccc(-c2nc(-c3cccc4ccccc34)nc(-c3cccc4oc5ccc(-n6c7cccc8c7c7c9c(cccc9ccc76)-c6ccccc6-8)cc5c34)n2)cc1. The molecule has 58 heavy (non-hydrogen) atoms. The number of hydrogen-bond donors (Lipinski definition) is 0. The minimum absolute atomic E-state index is 0.594. The molecule has 5 heteroatoms. The Kier molecular flexibility index (Phi) is 6.38. The van der Waals surface area contributed by atoms with E-state index in [1.54, 1.807) is 0 Å². The van der Waals surface area contributed by atoms with Crippen molar-refractivity contribution in [2.24, 2.45) is 0 Å². The molecule has 0 saturated heterocycles. The summed E-state index contributed by atoms with van der Waals surface area (Å²) in [7, 11) is 0. The summed E-state index contributed by atoms with van der Waals surface area (Å²) in [5.41, 5.74) is 12.8. The highest BCUT2D eigenvalue weighted by molar-refractivity contribution is 6.30. The van der Waals surface area contributed by atoms with Crippen LogP contribution in [0.4, 0.5) is 0 Å². The van der Waals surface area contributed by atoms with Crippen LogP contribution in [0.1, 0.15) is 0 Å². The molecule has 5 nitrogen and oxygen atoms in total. The number of aromatic nitrogens is 4. The van der Waals surface area contributed by atoms with Crippen LogP contribution in [0.25, 0.3) is 127 Å². The van der Waals surface area contributed by atoms with Crippen LogP contribution in [0.15, 0.2) is 186 Å². The Hall–Kier alpha value is -7.89. The Bertz CT molecular complexity index is 3690. The fourth-order valence-corrected chi connectivity index (χ4v) is 9.50. The average molecular weight is 739 g/mol. The highest BCUT2D eigenvalue weighted by atomic mass is 16.3. The normalized spacial score (nSPS) is 12.1. The van der Waals surface area contributed by atoms with Gasteiger partial charge in [0.05, 0.1) is 11.0 Å². The van der Waals surface area contributed by atoms with Crippen LogP contribution in [-0.4, -0.2) is 19.5 Å². The first kappa shape index (κ1) is 31.3. The molecule has 0 spiro atoms. The number of furan rings is 1. The maximum Gasteiger partial charge on any atom is 0.164 e. The Balaban J connectivity index is 1.08. The topological polar surface area (TPSA) is 56.7 Å². The molecular weight excluding hydrogens is 709 g/mol. The lowest BCUT2D eigenvalue weighted by Crippen LogP contribution is -2.00. The monoisotopic (exact) mass is 738 g/mol. The molecule has 0 radical (unpaired) electrons. The van der Waals surface area contributed by atoms with Crippen LogP contribution in [0.3, 0.4) is 0 Å². The van der Waals surface area contributed by atoms with Crippen LogP contribution in [0.5, 0.6) is 0 Å². The molecule has 0 N–H and O–H groups in total. The molecule has 12 aromatic rings. The molecule has 13 rings (SSSR count). The summed E-state index contributed by atoms with van der Waals surface area (Å²) < 4.78 is 9.03. The maximum absolute atomic E-state index is 6.61. The Morgan fingerprint density at radius 3 is 1.83 bits per heavy atom. The second kappa shape index (κ2) is 11.8. The van der Waals surface area contributed by atoms with E-state index in [2.05, 4.69) is 144 Å². The van der Waals surface area contributed by atoms with Gasteiger partial charge in [0.25, 0.3) is 0 Å². The third-order valence-corrected chi connectivity index (χ3v) is 12.0. The third-order valence-electron chi connectivity index (χ3n) is 12.0. The second-order valence-corrected chi connectivity index (χ2v) is 15.1. The van der Waals surface area contributed by atoms with Gasteiger partial charge in [-0.2, -0.15) is 0 Å². The van der Waals surface area contributed by atoms with E-state index in [0.717, 1.165) is 55.1 Å². The first-order chi connectivity index (χ1) is 28.8. The van der Waals surface area contributed by atoms with E-state index >= 15 is 0 Å². The lowest BCUT2D eigenvalue weighted by atomic mass is 9.93. The molecule has 0 amide bonds. The third kappa shape index (κ3) is 4.38. The summed E-state index contributed by atoms with van der Waals surface area (Å²) in [5, 5.41) is 9.30. The van der Waals surface area contributed by atoms with Gasteiger partial charge in [0.15, 0.2) is 17.5 Å². The van der Waals surface area contributed by atoms with E-state index in [-0.39, 0.29) is 0 Å². The summed E-state index contributed by atoms with van der Waals surface area (Å²) in [4.78, 5) is 15.5. The minimum Gasteiger partial charge on any atom is -0.456 e. The van der Waals surface area contributed by atoms with E-state index in [0.29, 0.717) is 17.5 Å². The van der Waals surface area contributed by atoms with Crippen molar-refractivity contribution in [3.8, 4) is 62.1 Å². The van der Waals surface area contributed by atoms with Crippen molar-refractivity contribution >= 4 is 65.3 Å². The highest BCUT2D eigenvalue weighted by Gasteiger charge is 2.25. The van der Waals surface area contributed by atoms with Crippen molar-refractivity contribution in [2.75, 3.05) is 0 Å². The number of rotatable bonds is 4. The van der Waals surface area contributed by atoms with Gasteiger partial charge >= 0.3 is 0 Å². The van der Waals surface area contributed by atoms with Crippen molar-refractivity contribution < 1.29 is 4.42 Å². The summed E-state index contributed by atoms with van der Waals surface area (Å²) >= 11 is 0. The Labute approximate surface area is 332 Å². The smallest absolute Gasteiger partial charge is 0.164 e. The molecule has 268 valence electrons. The average Bonchev–Trinajstić information content (AvgIpc) is 3.80. The van der Waals surface area contributed by atoms with E-state index in [1.807, 2.05) is 42.5 Å². The first-order valence-corrected chi connectivity index (χ1v) is 19.6. The molecular formula is C53H30N4O. The summed E-state index contributed by atoms with van der Waals surface area (Å²) in [5.74, 6) is 1.84. The standard InChI is InChI=1S/C53H30N4O/c1-2-13-33(14-3-1)51-54-52(40-22-8-15-31-12-4-5-17-35(31)40)56-53(55-51)41-23-11-25-46-48(41)42-30-34(27-29-45(42)58-46)57-43-24-10-21-39-37-19-7-6-18-36(37)38-20-9-16-32-26-28-44(57)50(47(32)38)49(39)43/h1-30H. The summed E-state index contributed by atoms with van der Waals surface area (Å²) in [6.07, 6.45) is 0. The highest BCUT2D eigenvalue weighted by Crippen LogP contribution is 2.50. The molecule has 0 unspecified atom stereocenters. The molecule has 3 heterocycles. The van der Waals surface area contributed by atoms with Crippen molar-refractivity contribution in [3.05, 3.63) is 182 Å². The van der Waals surface area contributed by atoms with Crippen LogP contribution >= 0.6 is 0 Å². The molecule has 1 aliphatic rings. The van der Waals surface area contributed by atoms with Gasteiger partial charge in [0.1, 0.15) is 11.2 Å². The largest absolute Gasteiger partial charge is 0.456 e. The molecule has 9 aromatic carbocycles. The number of fused-ring (bicyclic) bond motifs is 7. The van der Waals surface area contributed by atoms with Gasteiger partial charge in [-0.25, -0.2) is 15.0 Å². The minimum atomic E-state index is 0.594. The summed E-state index contributed by atoms with van der Waals surface area (Å²) in [6, 6.07) is 64.3. The zero-order valence-corrected chi connectivity index (χ0v) is 31.0. The Morgan fingerprint density at radius 2 is 0.966 bits per heavy atom. The lowest BCUT2D eigenvalue weighted by molar-refractivity contribution is 0.669. The van der Waals surface area contributed by atoms with E-state index in [9.17, 15) is 0 Å². The molecule has 0 atom stereocenters. The van der Waals surface area contributed by atoms with Gasteiger partial charge in [-0.3, -0.25) is 0 Å². The Morgan fingerprint density at radius 1 is 0.345 bits per heavy atom. The lowest BCUT2D eigenvalue weighted by Gasteiger charge is -2.13. The van der Waals surface area contributed by atoms with Gasteiger partial charge in [-0.05, 0) is 80.2 Å². The van der Waals surface area contributed by atoms with Gasteiger partial charge in [-0.1, -0.05) is 146 Å². The van der Waals surface area contributed by atoms with Crippen molar-refractivity contribution in [1.82, 2.24) is 19.5 Å². The van der Waals surface area contributed by atoms with E-state index < -0.39 is 0 Å². The van der Waals surface area contributed by atoms with Gasteiger partial charge in [0, 0.05) is 43.9 Å². The number of hydrogen-bond acceptors (Lipinski definition) is 4. The zero-order chi connectivity index (χ0) is 37.9. The molecule has 1 aliphatic carbocycles. The van der Waals surface area contributed by atoms with Crippen molar-refractivity contribution in [2.45, 2.75) is 0 Å². The quantitative estimate of drug-likeness (QED) is 0.180. The van der Waals surface area contributed by atoms with Gasteiger partial charge in [-0.15, -0.1) is 0 Å². The number of nitrogens with zero attached hydrogens (tertiary/aromatic N) is 4. The van der Waals surface area contributed by atoms with Gasteiger partial charge < -0.3 is 8.98 Å². The second-order valence-electron chi connectivity index (χ2n) is 15.1. The molecule has 0 bridgehead atoms.